The zero-order chi connectivity index (χ0) is 12.4. The van der Waals surface area contributed by atoms with Crippen molar-refractivity contribution >= 4 is 5.78 Å². The van der Waals surface area contributed by atoms with Crippen LogP contribution in [-0.4, -0.2) is 24.0 Å². The highest BCUT2D eigenvalue weighted by molar-refractivity contribution is 5.86. The molecule has 1 aliphatic heterocycles. The molecule has 0 spiro atoms. The average Bonchev–Trinajstić information content (AvgIpc) is 2.91. The number of Topliss-reactive ketones (excluding diaryl/α,β-unsaturated/α-hetero) is 1. The van der Waals surface area contributed by atoms with E-state index < -0.39 is 0 Å². The third-order valence-electron chi connectivity index (χ3n) is 4.10. The average molecular weight is 245 g/mol. The summed E-state index contributed by atoms with van der Waals surface area (Å²) in [7, 11) is 0. The minimum Gasteiger partial charge on any atom is -0.381 e. The summed E-state index contributed by atoms with van der Waals surface area (Å²) >= 11 is 0. The lowest BCUT2D eigenvalue weighted by molar-refractivity contribution is -0.121. The zero-order valence-electron chi connectivity index (χ0n) is 10.6. The van der Waals surface area contributed by atoms with E-state index in [0.717, 1.165) is 44.6 Å². The van der Waals surface area contributed by atoms with Crippen molar-refractivity contribution in [2.45, 2.75) is 38.0 Å². The fourth-order valence-electron chi connectivity index (χ4n) is 3.09. The number of carbonyl (C=O) groups is 1. The number of hydrogen-bond acceptors (Lipinski definition) is 3. The first-order chi connectivity index (χ1) is 8.84. The number of carbonyl (C=O) groups excluding carboxylic acids is 1. The summed E-state index contributed by atoms with van der Waals surface area (Å²) < 4.78 is 5.35. The Kier molecular flexibility index (Phi) is 3.41. The number of pyridine rings is 1. The number of ether oxygens (including phenoxy) is 1. The van der Waals surface area contributed by atoms with Gasteiger partial charge in [0.1, 0.15) is 5.78 Å². The molecule has 2 aliphatic rings. The Morgan fingerprint density at radius 3 is 3.22 bits per heavy atom. The van der Waals surface area contributed by atoms with Crippen LogP contribution in [0, 0.1) is 5.92 Å². The first kappa shape index (κ1) is 11.8. The van der Waals surface area contributed by atoms with Crippen LogP contribution in [0.4, 0.5) is 0 Å². The topological polar surface area (TPSA) is 39.2 Å². The van der Waals surface area contributed by atoms with Gasteiger partial charge in [0.25, 0.3) is 0 Å². The molecule has 0 saturated carbocycles. The Balaban J connectivity index is 1.74. The molecule has 0 bridgehead atoms. The van der Waals surface area contributed by atoms with Gasteiger partial charge in [-0.1, -0.05) is 6.07 Å². The predicted octanol–water partition coefficient (Wildman–Crippen LogP) is 2.50. The van der Waals surface area contributed by atoms with Gasteiger partial charge in [0.15, 0.2) is 0 Å². The van der Waals surface area contributed by atoms with Crippen molar-refractivity contribution in [3.05, 3.63) is 29.6 Å². The minimum atomic E-state index is 0.0375. The van der Waals surface area contributed by atoms with Gasteiger partial charge in [-0.3, -0.25) is 9.78 Å². The second kappa shape index (κ2) is 5.19. The number of aromatic nitrogens is 1. The van der Waals surface area contributed by atoms with E-state index >= 15 is 0 Å². The molecule has 0 N–H and O–H groups in total. The fourth-order valence-corrected chi connectivity index (χ4v) is 3.09. The van der Waals surface area contributed by atoms with E-state index in [9.17, 15) is 4.79 Å². The molecule has 1 aromatic rings. The monoisotopic (exact) mass is 245 g/mol. The van der Waals surface area contributed by atoms with Gasteiger partial charge in [-0.2, -0.15) is 0 Å². The summed E-state index contributed by atoms with van der Waals surface area (Å²) in [5, 5.41) is 0. The van der Waals surface area contributed by atoms with E-state index in [0.29, 0.717) is 18.1 Å². The maximum absolute atomic E-state index is 12.4. The molecule has 3 rings (SSSR count). The molecule has 2 atom stereocenters. The van der Waals surface area contributed by atoms with Gasteiger partial charge in [0.2, 0.25) is 0 Å². The molecule has 3 heteroatoms. The Morgan fingerprint density at radius 1 is 1.44 bits per heavy atom. The third-order valence-corrected chi connectivity index (χ3v) is 4.10. The van der Waals surface area contributed by atoms with Crippen LogP contribution in [0.3, 0.4) is 0 Å². The highest BCUT2D eigenvalue weighted by Gasteiger charge is 2.29. The molecule has 0 amide bonds. The van der Waals surface area contributed by atoms with E-state index in [1.165, 1.54) is 5.56 Å². The van der Waals surface area contributed by atoms with Gasteiger partial charge >= 0.3 is 0 Å². The van der Waals surface area contributed by atoms with Crippen molar-refractivity contribution in [2.75, 3.05) is 13.2 Å². The number of hydrogen-bond donors (Lipinski definition) is 0. The Bertz CT molecular complexity index is 438. The lowest BCUT2D eigenvalue weighted by atomic mass is 9.81. The van der Waals surface area contributed by atoms with Crippen LogP contribution in [0.1, 0.15) is 42.9 Å². The van der Waals surface area contributed by atoms with Crippen LogP contribution < -0.4 is 0 Å². The molecular formula is C15H19NO2. The number of nitrogens with zero attached hydrogens (tertiary/aromatic N) is 1. The van der Waals surface area contributed by atoms with Crippen molar-refractivity contribution < 1.29 is 9.53 Å². The molecule has 1 saturated heterocycles. The van der Waals surface area contributed by atoms with Gasteiger partial charge in [0, 0.05) is 25.8 Å². The Hall–Kier alpha value is -1.22. The number of aryl methyl sites for hydroxylation is 1. The van der Waals surface area contributed by atoms with E-state index in [-0.39, 0.29) is 5.92 Å². The molecular weight excluding hydrogens is 226 g/mol. The molecule has 18 heavy (non-hydrogen) atoms. The van der Waals surface area contributed by atoms with Crippen molar-refractivity contribution in [3.8, 4) is 0 Å². The largest absolute Gasteiger partial charge is 0.381 e. The van der Waals surface area contributed by atoms with Crippen LogP contribution in [0.15, 0.2) is 18.3 Å². The van der Waals surface area contributed by atoms with Crippen LogP contribution >= 0.6 is 0 Å². The predicted molar refractivity (Wildman–Crippen MR) is 68.5 cm³/mol. The van der Waals surface area contributed by atoms with Crippen LogP contribution in [0.2, 0.25) is 0 Å². The van der Waals surface area contributed by atoms with Gasteiger partial charge in [0.05, 0.1) is 11.6 Å². The highest BCUT2D eigenvalue weighted by atomic mass is 16.5. The van der Waals surface area contributed by atoms with Gasteiger partial charge in [-0.05, 0) is 43.2 Å². The summed E-state index contributed by atoms with van der Waals surface area (Å²) in [5.41, 5.74) is 2.30. The smallest absolute Gasteiger partial charge is 0.142 e. The molecule has 1 aromatic heterocycles. The third kappa shape index (κ3) is 2.32. The summed E-state index contributed by atoms with van der Waals surface area (Å²) in [6.45, 7) is 1.57. The minimum absolute atomic E-state index is 0.0375. The van der Waals surface area contributed by atoms with E-state index in [1.54, 1.807) is 0 Å². The fraction of sp³-hybridized carbons (Fsp3) is 0.600. The van der Waals surface area contributed by atoms with E-state index in [1.807, 2.05) is 12.3 Å². The number of fused-ring (bicyclic) bond motifs is 1. The molecule has 96 valence electrons. The maximum atomic E-state index is 12.4. The Morgan fingerprint density at radius 2 is 2.39 bits per heavy atom. The van der Waals surface area contributed by atoms with Crippen molar-refractivity contribution in [1.82, 2.24) is 4.98 Å². The van der Waals surface area contributed by atoms with Gasteiger partial charge in [-0.25, -0.2) is 0 Å². The summed E-state index contributed by atoms with van der Waals surface area (Å²) in [5.74, 6) is 0.840. The van der Waals surface area contributed by atoms with Gasteiger partial charge in [-0.15, -0.1) is 0 Å². The summed E-state index contributed by atoms with van der Waals surface area (Å²) in [6.07, 6.45) is 6.66. The van der Waals surface area contributed by atoms with E-state index in [2.05, 4.69) is 11.1 Å². The molecule has 1 aliphatic carbocycles. The standard InChI is InChI=1S/C15H19NO2/c17-14(9-11-6-8-18-10-11)13-5-1-3-12-4-2-7-16-15(12)13/h2,4,7,11,13H,1,3,5-6,8-10H2. The van der Waals surface area contributed by atoms with Crippen LogP contribution in [0.25, 0.3) is 0 Å². The zero-order valence-corrected chi connectivity index (χ0v) is 10.6. The van der Waals surface area contributed by atoms with Crippen molar-refractivity contribution in [1.29, 1.82) is 0 Å². The molecule has 3 nitrogen and oxygen atoms in total. The molecule has 1 fully saturated rings. The summed E-state index contributed by atoms with van der Waals surface area (Å²) in [6, 6.07) is 4.08. The van der Waals surface area contributed by atoms with Gasteiger partial charge < -0.3 is 4.74 Å². The maximum Gasteiger partial charge on any atom is 0.142 e. The first-order valence-electron chi connectivity index (χ1n) is 6.89. The molecule has 2 unspecified atom stereocenters. The second-order valence-electron chi connectivity index (χ2n) is 5.39. The Labute approximate surface area is 108 Å². The summed E-state index contributed by atoms with van der Waals surface area (Å²) in [4.78, 5) is 16.9. The normalized spacial score (nSPS) is 26.9. The second-order valence-corrected chi connectivity index (χ2v) is 5.39. The SMILES string of the molecule is O=C(CC1CCOC1)C1CCCc2cccnc21. The van der Waals surface area contributed by atoms with Crippen molar-refractivity contribution in [2.24, 2.45) is 5.92 Å². The van der Waals surface area contributed by atoms with E-state index in [4.69, 9.17) is 4.74 Å². The van der Waals surface area contributed by atoms with Crippen LogP contribution in [-0.2, 0) is 16.0 Å². The number of rotatable bonds is 3. The van der Waals surface area contributed by atoms with Crippen LogP contribution in [0.5, 0.6) is 0 Å². The lowest BCUT2D eigenvalue weighted by Gasteiger charge is -2.23. The first-order valence-corrected chi connectivity index (χ1v) is 6.89. The number of ketones is 1. The molecule has 0 radical (unpaired) electrons. The lowest BCUT2D eigenvalue weighted by Crippen LogP contribution is -2.22. The highest BCUT2D eigenvalue weighted by Crippen LogP contribution is 2.32. The molecule has 0 aromatic carbocycles. The van der Waals surface area contributed by atoms with Crippen molar-refractivity contribution in [3.63, 3.8) is 0 Å². The molecule has 2 heterocycles. The quantitative estimate of drug-likeness (QED) is 0.821.